The lowest BCUT2D eigenvalue weighted by molar-refractivity contribution is -0.287. The second-order valence-electron chi connectivity index (χ2n) is 11.7. The van der Waals surface area contributed by atoms with E-state index in [4.69, 9.17) is 28.4 Å². The molecule has 3 heterocycles. The second kappa shape index (κ2) is 14.4. The predicted octanol–water partition coefficient (Wildman–Crippen LogP) is -0.249. The number of aliphatic hydroxyl groups is 4. The molecule has 0 saturated carbocycles. The summed E-state index contributed by atoms with van der Waals surface area (Å²) in [7, 11) is 0. The summed E-state index contributed by atoms with van der Waals surface area (Å²) in [6, 6.07) is 9.93. The number of para-hydroxylation sites is 2. The summed E-state index contributed by atoms with van der Waals surface area (Å²) in [5.74, 6) is -3.05. The number of hydrogen-bond donors (Lipinski definition) is 4. The van der Waals surface area contributed by atoms with E-state index in [9.17, 15) is 39.6 Å². The molecule has 2 aromatic carbocycles. The van der Waals surface area contributed by atoms with Crippen molar-refractivity contribution in [2.24, 2.45) is 0 Å². The molecule has 10 atom stereocenters. The van der Waals surface area contributed by atoms with Gasteiger partial charge in [-0.25, -0.2) is 9.97 Å². The van der Waals surface area contributed by atoms with Crippen LogP contribution in [0.1, 0.15) is 38.8 Å². The van der Waals surface area contributed by atoms with Crippen LogP contribution in [-0.2, 0) is 60.4 Å². The lowest BCUT2D eigenvalue weighted by atomic mass is 9.99. The van der Waals surface area contributed by atoms with E-state index in [-0.39, 0.29) is 12.8 Å². The largest absolute Gasteiger partial charge is 0.457 e. The van der Waals surface area contributed by atoms with Crippen molar-refractivity contribution in [1.82, 2.24) is 9.97 Å². The van der Waals surface area contributed by atoms with Gasteiger partial charge in [-0.05, 0) is 37.1 Å². The molecule has 1 aromatic heterocycles. The van der Waals surface area contributed by atoms with Crippen LogP contribution in [0.3, 0.4) is 0 Å². The molecule has 0 spiro atoms. The Balaban J connectivity index is 1.31. The Hall–Kier alpha value is -4.32. The summed E-state index contributed by atoms with van der Waals surface area (Å²) in [6.45, 7) is 5.20. The summed E-state index contributed by atoms with van der Waals surface area (Å²) in [6.07, 6.45) is -14.1. The first-order valence-corrected chi connectivity index (χ1v) is 15.2. The molecule has 4 N–H and O–H groups in total. The average Bonchev–Trinajstić information content (AvgIpc) is 3.02. The number of esters is 4. The fourth-order valence-electron chi connectivity index (χ4n) is 5.62. The molecule has 0 amide bonds. The van der Waals surface area contributed by atoms with Gasteiger partial charge in [0.05, 0.1) is 47.1 Å². The Labute approximate surface area is 273 Å². The summed E-state index contributed by atoms with van der Waals surface area (Å²) in [4.78, 5) is 58.2. The van der Waals surface area contributed by atoms with E-state index in [1.165, 1.54) is 13.8 Å². The van der Waals surface area contributed by atoms with Crippen molar-refractivity contribution in [2.75, 3.05) is 0 Å². The first-order chi connectivity index (χ1) is 22.7. The minimum atomic E-state index is -1.64. The molecule has 16 nitrogen and oxygen atoms in total. The van der Waals surface area contributed by atoms with Gasteiger partial charge in [-0.3, -0.25) is 19.2 Å². The van der Waals surface area contributed by atoms with Crippen molar-refractivity contribution in [3.05, 3.63) is 47.5 Å². The maximum absolute atomic E-state index is 13.0. The molecule has 258 valence electrons. The molecular formula is C32H36N2O14. The molecule has 3 aromatic rings. The smallest absolute Gasteiger partial charge is 0.312 e. The van der Waals surface area contributed by atoms with Crippen LogP contribution in [0.4, 0.5) is 0 Å². The highest BCUT2D eigenvalue weighted by molar-refractivity contribution is 5.92. The second-order valence-corrected chi connectivity index (χ2v) is 11.7. The lowest BCUT2D eigenvalue weighted by Crippen LogP contribution is -2.59. The summed E-state index contributed by atoms with van der Waals surface area (Å²) in [5.41, 5.74) is 2.41. The van der Waals surface area contributed by atoms with Gasteiger partial charge in [0.2, 0.25) is 12.6 Å². The number of carbonyl (C=O) groups excluding carboxylic acids is 4. The zero-order valence-electron chi connectivity index (χ0n) is 26.4. The highest BCUT2D eigenvalue weighted by Crippen LogP contribution is 2.28. The third-order valence-corrected chi connectivity index (χ3v) is 7.99. The molecule has 0 bridgehead atoms. The quantitative estimate of drug-likeness (QED) is 0.137. The van der Waals surface area contributed by atoms with Crippen LogP contribution in [0.25, 0.3) is 22.1 Å². The highest BCUT2D eigenvalue weighted by atomic mass is 16.7. The summed E-state index contributed by atoms with van der Waals surface area (Å²) in [5, 5.41) is 41.7. The molecule has 6 unspecified atom stereocenters. The molecule has 0 radical (unpaired) electrons. The molecular weight excluding hydrogens is 636 g/mol. The number of rotatable bonds is 8. The number of benzene rings is 2. The van der Waals surface area contributed by atoms with Gasteiger partial charge in [-0.2, -0.15) is 0 Å². The minimum absolute atomic E-state index is 0.295. The van der Waals surface area contributed by atoms with Crippen LogP contribution >= 0.6 is 0 Å². The maximum atomic E-state index is 13.0. The van der Waals surface area contributed by atoms with Crippen LogP contribution in [0.2, 0.25) is 0 Å². The minimum Gasteiger partial charge on any atom is -0.457 e. The van der Waals surface area contributed by atoms with Gasteiger partial charge in [-0.15, -0.1) is 0 Å². The van der Waals surface area contributed by atoms with Crippen LogP contribution in [0.15, 0.2) is 36.4 Å². The van der Waals surface area contributed by atoms with Crippen molar-refractivity contribution in [3.8, 4) is 0 Å². The first kappa shape index (κ1) is 35.0. The Morgan fingerprint density at radius 3 is 1.35 bits per heavy atom. The third kappa shape index (κ3) is 7.53. The Morgan fingerprint density at radius 1 is 0.625 bits per heavy atom. The zero-order chi connectivity index (χ0) is 34.9. The van der Waals surface area contributed by atoms with E-state index in [0.717, 1.165) is 13.8 Å². The molecule has 5 rings (SSSR count). The molecule has 2 aliphatic heterocycles. The number of fused-ring (bicyclic) bond motifs is 2. The zero-order valence-corrected chi connectivity index (χ0v) is 26.4. The lowest BCUT2D eigenvalue weighted by Gasteiger charge is -2.40. The van der Waals surface area contributed by atoms with Gasteiger partial charge in [0, 0.05) is 13.8 Å². The van der Waals surface area contributed by atoms with E-state index in [0.29, 0.717) is 33.2 Å². The molecule has 16 heteroatoms. The maximum Gasteiger partial charge on any atom is 0.312 e. The van der Waals surface area contributed by atoms with Gasteiger partial charge < -0.3 is 48.8 Å². The average molecular weight is 673 g/mol. The highest BCUT2D eigenvalue weighted by Gasteiger charge is 2.48. The molecule has 2 saturated heterocycles. The fraction of sp³-hybridized carbons (Fsp3) is 0.500. The summed E-state index contributed by atoms with van der Waals surface area (Å²) >= 11 is 0. The number of hydrogen-bond acceptors (Lipinski definition) is 16. The molecule has 2 aliphatic rings. The Kier molecular flexibility index (Phi) is 10.5. The Morgan fingerprint density at radius 2 is 1.00 bits per heavy atom. The first-order valence-electron chi connectivity index (χ1n) is 15.2. The summed E-state index contributed by atoms with van der Waals surface area (Å²) < 4.78 is 31.7. The number of carbonyl (C=O) groups is 4. The van der Waals surface area contributed by atoms with Gasteiger partial charge in [0.1, 0.15) is 12.2 Å². The van der Waals surface area contributed by atoms with E-state index in [1.807, 2.05) is 0 Å². The van der Waals surface area contributed by atoms with Crippen molar-refractivity contribution >= 4 is 45.9 Å². The van der Waals surface area contributed by atoms with Crippen LogP contribution < -0.4 is 0 Å². The molecule has 2 fully saturated rings. The fourth-order valence-corrected chi connectivity index (χ4v) is 5.62. The van der Waals surface area contributed by atoms with E-state index < -0.39 is 85.3 Å². The molecule has 48 heavy (non-hydrogen) atoms. The van der Waals surface area contributed by atoms with Crippen molar-refractivity contribution in [1.29, 1.82) is 0 Å². The van der Waals surface area contributed by atoms with E-state index in [1.54, 1.807) is 36.4 Å². The number of nitrogens with zero attached hydrogens (tertiary/aromatic N) is 2. The Bertz CT molecular complexity index is 1580. The van der Waals surface area contributed by atoms with Gasteiger partial charge in [0.25, 0.3) is 0 Å². The topological polar surface area (TPSA) is 230 Å². The van der Waals surface area contributed by atoms with Crippen LogP contribution in [0.5, 0.6) is 0 Å². The van der Waals surface area contributed by atoms with Crippen molar-refractivity contribution in [2.45, 2.75) is 102 Å². The normalized spacial score (nSPS) is 30.4. The molecule has 0 aliphatic carbocycles. The third-order valence-electron chi connectivity index (χ3n) is 7.99. The standard InChI is InChI=1S/C32H36N2O14/c1-13-25(39)29(45-15(3)35)27(41)31(43-13)47-21(37)11-17-7-5-9-19-23(17)33-20-10-6-8-18(24(20)34-19)12-22(38)48-32-28(42)30(46-16(4)36)26(40)14(2)44-32/h5-10,13-14,25-32,39-42H,11-12H2,1-4H3/t13?,14?,25-,26+,27?,28?,29?,30?,31-,32-/m1/s1. The van der Waals surface area contributed by atoms with E-state index in [2.05, 4.69) is 9.97 Å². The van der Waals surface area contributed by atoms with Crippen molar-refractivity contribution < 1.29 is 68.0 Å². The monoisotopic (exact) mass is 672 g/mol. The van der Waals surface area contributed by atoms with Crippen molar-refractivity contribution in [3.63, 3.8) is 0 Å². The number of ether oxygens (including phenoxy) is 6. The number of aliphatic hydroxyl groups excluding tert-OH is 4. The van der Waals surface area contributed by atoms with Crippen LogP contribution in [0, 0.1) is 0 Å². The van der Waals surface area contributed by atoms with E-state index >= 15 is 0 Å². The van der Waals surface area contributed by atoms with Gasteiger partial charge >= 0.3 is 23.9 Å². The predicted molar refractivity (Wildman–Crippen MR) is 160 cm³/mol. The SMILES string of the molecule is CC(=O)OC1C(O)[C@@H](OC(=O)Cc2cccc3nc4c(CC(=O)O[C@H]5OC(C)[C@H](O)C(OC(C)=O)C5O)cccc4nc23)OC(C)[C@H]1O. The number of aromatic nitrogens is 2. The van der Waals surface area contributed by atoms with Gasteiger partial charge in [-0.1, -0.05) is 24.3 Å². The van der Waals surface area contributed by atoms with Crippen LogP contribution in [-0.4, -0.2) is 116 Å². The van der Waals surface area contributed by atoms with Gasteiger partial charge in [0.15, 0.2) is 24.4 Å².